The number of methoxy groups -OCH3 is 1. The number of carbonyl (C=O) groups excluding carboxylic acids is 1. The van der Waals surface area contributed by atoms with Gasteiger partial charge in [-0.25, -0.2) is 4.79 Å². The van der Waals surface area contributed by atoms with E-state index in [0.29, 0.717) is 41.7 Å². The van der Waals surface area contributed by atoms with Gasteiger partial charge in [-0.1, -0.05) is 0 Å². The van der Waals surface area contributed by atoms with Crippen molar-refractivity contribution in [3.8, 4) is 17.2 Å². The second kappa shape index (κ2) is 6.45. The highest BCUT2D eigenvalue weighted by molar-refractivity contribution is 5.90. The van der Waals surface area contributed by atoms with E-state index in [9.17, 15) is 9.90 Å². The number of hydrogen-bond acceptors (Lipinski definition) is 7. The summed E-state index contributed by atoms with van der Waals surface area (Å²) < 4.78 is 20.9. The molecule has 2 aromatic rings. The molecule has 0 bridgehead atoms. The Balaban J connectivity index is 1.70. The molecule has 1 aliphatic heterocycles. The highest BCUT2D eigenvalue weighted by atomic mass is 16.7. The lowest BCUT2D eigenvalue weighted by Crippen LogP contribution is -2.17. The van der Waals surface area contributed by atoms with Crippen LogP contribution >= 0.6 is 0 Å². The van der Waals surface area contributed by atoms with Crippen molar-refractivity contribution in [3.63, 3.8) is 0 Å². The number of esters is 1. The van der Waals surface area contributed by atoms with Gasteiger partial charge >= 0.3 is 5.97 Å². The molecule has 24 heavy (non-hydrogen) atoms. The summed E-state index contributed by atoms with van der Waals surface area (Å²) in [5.41, 5.74) is 1.14. The fourth-order valence-electron chi connectivity index (χ4n) is 2.65. The highest BCUT2D eigenvalue weighted by Crippen LogP contribution is 2.38. The van der Waals surface area contributed by atoms with Gasteiger partial charge in [-0.15, -0.1) is 0 Å². The van der Waals surface area contributed by atoms with Gasteiger partial charge in [0.05, 0.1) is 13.7 Å². The minimum atomic E-state index is -0.418. The first kappa shape index (κ1) is 16.2. The number of aromatic hydroxyl groups is 1. The molecule has 0 amide bonds. The molecule has 1 N–H and O–H groups in total. The summed E-state index contributed by atoms with van der Waals surface area (Å²) in [6.45, 7) is 2.84. The van der Waals surface area contributed by atoms with Crippen LogP contribution < -0.4 is 9.47 Å². The van der Waals surface area contributed by atoms with Gasteiger partial charge in [0.25, 0.3) is 0 Å². The number of rotatable bonds is 5. The Labute approximate surface area is 139 Å². The van der Waals surface area contributed by atoms with E-state index < -0.39 is 5.97 Å². The Morgan fingerprint density at radius 3 is 2.67 bits per heavy atom. The topological polar surface area (TPSA) is 81.4 Å². The van der Waals surface area contributed by atoms with Crippen molar-refractivity contribution < 1.29 is 28.5 Å². The fourth-order valence-corrected chi connectivity index (χ4v) is 2.65. The van der Waals surface area contributed by atoms with Gasteiger partial charge < -0.3 is 23.7 Å². The molecule has 0 aliphatic carbocycles. The molecule has 2 heterocycles. The van der Waals surface area contributed by atoms with Gasteiger partial charge in [0, 0.05) is 18.2 Å². The third-order valence-corrected chi connectivity index (χ3v) is 3.81. The van der Waals surface area contributed by atoms with Crippen molar-refractivity contribution in [2.45, 2.75) is 20.0 Å². The molecule has 3 rings (SSSR count). The Morgan fingerprint density at radius 2 is 1.96 bits per heavy atom. The molecule has 1 aromatic carbocycles. The quantitative estimate of drug-likeness (QED) is 0.842. The third kappa shape index (κ3) is 3.16. The van der Waals surface area contributed by atoms with Gasteiger partial charge in [-0.2, -0.15) is 0 Å². The molecule has 0 fully saturated rings. The number of furan rings is 1. The third-order valence-electron chi connectivity index (χ3n) is 3.81. The molecule has 1 aromatic heterocycles. The average Bonchev–Trinajstić information content (AvgIpc) is 3.12. The number of aryl methyl sites for hydroxylation is 1. The first-order valence-corrected chi connectivity index (χ1v) is 7.45. The number of benzene rings is 1. The van der Waals surface area contributed by atoms with Crippen LogP contribution in [0.2, 0.25) is 0 Å². The zero-order chi connectivity index (χ0) is 17.3. The molecule has 0 atom stereocenters. The highest BCUT2D eigenvalue weighted by Gasteiger charge is 2.19. The van der Waals surface area contributed by atoms with E-state index >= 15 is 0 Å². The molecular formula is C17H19NO6. The number of nitrogens with zero attached hydrogens (tertiary/aromatic N) is 1. The van der Waals surface area contributed by atoms with Crippen LogP contribution in [-0.4, -0.2) is 36.9 Å². The zero-order valence-electron chi connectivity index (χ0n) is 13.8. The number of hydrogen-bond donors (Lipinski definition) is 1. The van der Waals surface area contributed by atoms with Crippen molar-refractivity contribution in [1.82, 2.24) is 4.90 Å². The first-order valence-electron chi connectivity index (χ1n) is 7.45. The Hall–Kier alpha value is -2.67. The molecule has 0 saturated carbocycles. The second-order valence-electron chi connectivity index (χ2n) is 5.68. The first-order chi connectivity index (χ1) is 11.5. The number of ether oxygens (including phenoxy) is 3. The molecule has 7 nitrogen and oxygen atoms in total. The van der Waals surface area contributed by atoms with Crippen molar-refractivity contribution >= 4 is 5.97 Å². The van der Waals surface area contributed by atoms with Crippen molar-refractivity contribution in [2.24, 2.45) is 0 Å². The fraction of sp³-hybridized carbons (Fsp3) is 0.353. The molecular weight excluding hydrogens is 314 g/mol. The number of carbonyl (C=O) groups is 1. The smallest absolute Gasteiger partial charge is 0.341 e. The molecule has 0 spiro atoms. The minimum absolute atomic E-state index is 0.150. The van der Waals surface area contributed by atoms with Crippen molar-refractivity contribution in [2.75, 3.05) is 21.0 Å². The van der Waals surface area contributed by atoms with Gasteiger partial charge in [-0.3, -0.25) is 4.90 Å². The monoisotopic (exact) mass is 333 g/mol. The summed E-state index contributed by atoms with van der Waals surface area (Å²) in [5, 5.41) is 10.1. The van der Waals surface area contributed by atoms with Gasteiger partial charge in [0.1, 0.15) is 22.8 Å². The van der Waals surface area contributed by atoms with Gasteiger partial charge in [0.15, 0.2) is 11.5 Å². The molecule has 1 aliphatic rings. The predicted octanol–water partition coefficient (Wildman–Crippen LogP) is 2.44. The normalized spacial score (nSPS) is 12.7. The summed E-state index contributed by atoms with van der Waals surface area (Å²) >= 11 is 0. The standard InChI is InChI=1S/C17H19NO6/c1-10-13(17(20)21-3)5-12(24-10)8-18(2)7-11-4-15-16(6-14(11)19)23-9-22-15/h4-6,19H,7-9H2,1-3H3. The van der Waals surface area contributed by atoms with E-state index in [1.54, 1.807) is 25.1 Å². The average molecular weight is 333 g/mol. The van der Waals surface area contributed by atoms with Crippen molar-refractivity contribution in [1.29, 1.82) is 0 Å². The summed E-state index contributed by atoms with van der Waals surface area (Å²) in [6, 6.07) is 5.00. The molecule has 0 radical (unpaired) electrons. The molecule has 128 valence electrons. The van der Waals surface area contributed by atoms with Crippen LogP contribution in [0.4, 0.5) is 0 Å². The van der Waals surface area contributed by atoms with Crippen LogP contribution in [0.25, 0.3) is 0 Å². The number of phenolic OH excluding ortho intramolecular Hbond substituents is 1. The zero-order valence-corrected chi connectivity index (χ0v) is 13.8. The van der Waals surface area contributed by atoms with E-state index in [4.69, 9.17) is 18.6 Å². The Bertz CT molecular complexity index is 767. The maximum atomic E-state index is 11.6. The SMILES string of the molecule is COC(=O)c1cc(CN(C)Cc2cc3c(cc2O)OCO3)oc1C. The van der Waals surface area contributed by atoms with Gasteiger partial charge in [-0.05, 0) is 26.1 Å². The minimum Gasteiger partial charge on any atom is -0.507 e. The molecule has 0 unspecified atom stereocenters. The largest absolute Gasteiger partial charge is 0.507 e. The number of phenols is 1. The lowest BCUT2D eigenvalue weighted by molar-refractivity contribution is 0.0599. The molecule has 7 heteroatoms. The van der Waals surface area contributed by atoms with Crippen LogP contribution in [-0.2, 0) is 17.8 Å². The van der Waals surface area contributed by atoms with Crippen LogP contribution in [0, 0.1) is 6.92 Å². The summed E-state index contributed by atoms with van der Waals surface area (Å²) in [5.74, 6) is 2.07. The summed E-state index contributed by atoms with van der Waals surface area (Å²) in [4.78, 5) is 13.6. The lowest BCUT2D eigenvalue weighted by Gasteiger charge is -2.16. The maximum absolute atomic E-state index is 11.6. The number of fused-ring (bicyclic) bond motifs is 1. The lowest BCUT2D eigenvalue weighted by atomic mass is 10.1. The maximum Gasteiger partial charge on any atom is 0.341 e. The van der Waals surface area contributed by atoms with Crippen LogP contribution in [0.15, 0.2) is 22.6 Å². The van der Waals surface area contributed by atoms with E-state index in [1.165, 1.54) is 7.11 Å². The van der Waals surface area contributed by atoms with Crippen LogP contribution in [0.3, 0.4) is 0 Å². The van der Waals surface area contributed by atoms with E-state index in [1.807, 2.05) is 11.9 Å². The van der Waals surface area contributed by atoms with E-state index in [2.05, 4.69) is 0 Å². The summed E-state index contributed by atoms with van der Waals surface area (Å²) in [7, 11) is 3.22. The second-order valence-corrected chi connectivity index (χ2v) is 5.68. The Kier molecular flexibility index (Phi) is 4.35. The van der Waals surface area contributed by atoms with E-state index in [-0.39, 0.29) is 12.5 Å². The molecule has 0 saturated heterocycles. The Morgan fingerprint density at radius 1 is 1.25 bits per heavy atom. The predicted molar refractivity (Wildman–Crippen MR) is 84.2 cm³/mol. The van der Waals surface area contributed by atoms with Crippen LogP contribution in [0.5, 0.6) is 17.2 Å². The summed E-state index contributed by atoms with van der Waals surface area (Å²) in [6.07, 6.45) is 0. The van der Waals surface area contributed by atoms with Crippen molar-refractivity contribution in [3.05, 3.63) is 40.8 Å². The van der Waals surface area contributed by atoms with Gasteiger partial charge in [0.2, 0.25) is 6.79 Å². The van der Waals surface area contributed by atoms with E-state index in [0.717, 1.165) is 5.56 Å². The van der Waals surface area contributed by atoms with Crippen LogP contribution in [0.1, 0.15) is 27.4 Å².